The Balaban J connectivity index is 0.00000141. The summed E-state index contributed by atoms with van der Waals surface area (Å²) >= 11 is 0. The van der Waals surface area contributed by atoms with Crippen molar-refractivity contribution >= 4 is 0 Å². The lowest BCUT2D eigenvalue weighted by atomic mass is 10.1. The van der Waals surface area contributed by atoms with Crippen molar-refractivity contribution in [1.82, 2.24) is 19.7 Å². The van der Waals surface area contributed by atoms with Crippen LogP contribution in [0, 0.1) is 5.82 Å². The first-order valence-electron chi connectivity index (χ1n) is 10.1. The van der Waals surface area contributed by atoms with Crippen molar-refractivity contribution < 1.29 is 18.8 Å². The number of rotatable bonds is 6. The predicted molar refractivity (Wildman–Crippen MR) is 115 cm³/mol. The third-order valence-electron chi connectivity index (χ3n) is 4.37. The fourth-order valence-electron chi connectivity index (χ4n) is 2.85. The Kier molecular flexibility index (Phi) is 7.69. The van der Waals surface area contributed by atoms with Crippen LogP contribution in [0.1, 0.15) is 30.9 Å². The molecule has 0 bridgehead atoms. The summed E-state index contributed by atoms with van der Waals surface area (Å²) < 4.78 is 26.3. The highest BCUT2D eigenvalue weighted by Crippen LogP contribution is 2.25. The summed E-state index contributed by atoms with van der Waals surface area (Å²) in [6.07, 6.45) is 1.80. The van der Waals surface area contributed by atoms with Crippen molar-refractivity contribution in [3.8, 4) is 17.3 Å². The van der Waals surface area contributed by atoms with Gasteiger partial charge in [-0.1, -0.05) is 61.5 Å². The van der Waals surface area contributed by atoms with Gasteiger partial charge in [-0.15, -0.1) is 10.2 Å². The topological polar surface area (TPSA) is 98.6 Å². The minimum atomic E-state index is -0.313. The van der Waals surface area contributed by atoms with Crippen LogP contribution in [0.15, 0.2) is 70.5 Å². The van der Waals surface area contributed by atoms with Gasteiger partial charge in [0.1, 0.15) is 12.4 Å². The summed E-state index contributed by atoms with van der Waals surface area (Å²) in [5, 5.41) is 20.9. The van der Waals surface area contributed by atoms with Gasteiger partial charge in [-0.3, -0.25) is 0 Å². The largest absolute Gasteiger partial charge is 0.483 e. The molecule has 4 rings (SSSR count). The minimum absolute atomic E-state index is 0.126. The molecule has 0 unspecified atom stereocenters. The summed E-state index contributed by atoms with van der Waals surface area (Å²) in [5.74, 6) is 0.360. The average Bonchev–Trinajstić information content (AvgIpc) is 3.29. The summed E-state index contributed by atoms with van der Waals surface area (Å²) in [5.41, 5.74) is 2.18. The molecule has 2 heterocycles. The molecule has 8 nitrogen and oxygen atoms in total. The average molecular weight is 437 g/mol. The molecule has 0 atom stereocenters. The fraction of sp³-hybridized carbons (Fsp3) is 0.217. The Hall–Kier alpha value is -4.01. The number of aromatic nitrogens is 4. The van der Waals surface area contributed by atoms with E-state index in [0.717, 1.165) is 11.1 Å². The summed E-state index contributed by atoms with van der Waals surface area (Å²) in [6.45, 7) is 4.23. The molecule has 0 amide bonds. The minimum Gasteiger partial charge on any atom is -0.483 e. The Morgan fingerprint density at radius 1 is 1.03 bits per heavy atom. The zero-order chi connectivity index (χ0) is 22.9. The fourth-order valence-corrected chi connectivity index (χ4v) is 2.85. The third kappa shape index (κ3) is 5.37. The molecular formula is C23H24FN5O3. The van der Waals surface area contributed by atoms with Crippen molar-refractivity contribution in [1.29, 1.82) is 0 Å². The van der Waals surface area contributed by atoms with Crippen LogP contribution in [0.2, 0.25) is 0 Å². The van der Waals surface area contributed by atoms with Gasteiger partial charge in [-0.05, 0) is 23.3 Å². The second-order valence-corrected chi connectivity index (χ2v) is 6.54. The number of benzene rings is 2. The smallest absolute Gasteiger partial charge is 0.270 e. The zero-order valence-corrected chi connectivity index (χ0v) is 18.1. The van der Waals surface area contributed by atoms with Crippen LogP contribution < -0.4 is 10.2 Å². The van der Waals surface area contributed by atoms with Gasteiger partial charge < -0.3 is 18.9 Å². The first kappa shape index (κ1) is 22.7. The normalized spacial score (nSPS) is 11.1. The van der Waals surface area contributed by atoms with E-state index in [0.29, 0.717) is 12.3 Å². The molecule has 166 valence electrons. The predicted octanol–water partition coefficient (Wildman–Crippen LogP) is 4.10. The molecule has 0 saturated heterocycles. The number of nitrogens with zero attached hydrogens (tertiary/aromatic N) is 5. The van der Waals surface area contributed by atoms with Crippen LogP contribution in [0.5, 0.6) is 5.75 Å². The maximum Gasteiger partial charge on any atom is 0.270 e. The van der Waals surface area contributed by atoms with Gasteiger partial charge in [0, 0.05) is 7.05 Å². The van der Waals surface area contributed by atoms with E-state index in [2.05, 4.69) is 20.3 Å². The number of hydrogen-bond acceptors (Lipinski definition) is 7. The van der Waals surface area contributed by atoms with E-state index in [9.17, 15) is 9.60 Å². The lowest BCUT2D eigenvalue weighted by molar-refractivity contribution is 0.266. The molecule has 0 saturated carbocycles. The van der Waals surface area contributed by atoms with Crippen LogP contribution in [0.4, 0.5) is 4.39 Å². The second-order valence-electron chi connectivity index (χ2n) is 6.54. The zero-order valence-electron chi connectivity index (χ0n) is 18.1. The molecule has 0 radical (unpaired) electrons. The van der Waals surface area contributed by atoms with Gasteiger partial charge in [-0.2, -0.15) is 0 Å². The Morgan fingerprint density at radius 3 is 2.44 bits per heavy atom. The van der Waals surface area contributed by atoms with E-state index in [1.807, 2.05) is 44.2 Å². The van der Waals surface area contributed by atoms with Crippen LogP contribution in [0.25, 0.3) is 11.6 Å². The monoisotopic (exact) mass is 437 g/mol. The highest BCUT2D eigenvalue weighted by molar-refractivity contribution is 5.55. The molecule has 32 heavy (non-hydrogen) atoms. The quantitative estimate of drug-likeness (QED) is 0.360. The molecule has 0 aliphatic carbocycles. The third-order valence-corrected chi connectivity index (χ3v) is 4.37. The van der Waals surface area contributed by atoms with Crippen LogP contribution in [-0.2, 0) is 20.1 Å². The Bertz CT molecular complexity index is 1200. The van der Waals surface area contributed by atoms with E-state index in [-0.39, 0.29) is 35.2 Å². The molecule has 0 aliphatic rings. The summed E-state index contributed by atoms with van der Waals surface area (Å²) in [6, 6.07) is 15.6. The number of ether oxygens (including phenoxy) is 1. The number of hydrogen-bond donors (Lipinski definition) is 1. The first-order chi connectivity index (χ1) is 15.6. The van der Waals surface area contributed by atoms with Gasteiger partial charge in [0.2, 0.25) is 11.4 Å². The van der Waals surface area contributed by atoms with E-state index in [1.54, 1.807) is 19.2 Å². The van der Waals surface area contributed by atoms with E-state index in [4.69, 9.17) is 9.15 Å². The molecule has 1 N–H and O–H groups in total. The van der Waals surface area contributed by atoms with Crippen LogP contribution in [0.3, 0.4) is 0 Å². The van der Waals surface area contributed by atoms with Crippen molar-refractivity contribution in [2.75, 3.05) is 0 Å². The molecule has 4 aromatic rings. The molecule has 0 aliphatic heterocycles. The SMILES string of the molecule is CC.Cn1cnc(-c2nnc(Cc3ccc(F)cc3)o2)c(OCc2ccccc2)/c1=N/O. The molecule has 0 fully saturated rings. The lowest BCUT2D eigenvalue weighted by Crippen LogP contribution is -2.22. The van der Waals surface area contributed by atoms with Crippen molar-refractivity contribution in [3.63, 3.8) is 0 Å². The molecular weight excluding hydrogens is 413 g/mol. The molecule has 2 aromatic heterocycles. The Labute approximate surface area is 184 Å². The van der Waals surface area contributed by atoms with Gasteiger partial charge in [-0.25, -0.2) is 9.37 Å². The summed E-state index contributed by atoms with van der Waals surface area (Å²) in [4.78, 5) is 4.32. The van der Waals surface area contributed by atoms with Crippen LogP contribution >= 0.6 is 0 Å². The lowest BCUT2D eigenvalue weighted by Gasteiger charge is -2.11. The van der Waals surface area contributed by atoms with Crippen molar-refractivity contribution in [3.05, 3.63) is 89.2 Å². The number of aryl methyl sites for hydroxylation is 1. The van der Waals surface area contributed by atoms with Gasteiger partial charge >= 0.3 is 0 Å². The summed E-state index contributed by atoms with van der Waals surface area (Å²) in [7, 11) is 1.68. The number of halogens is 1. The molecule has 9 heteroatoms. The van der Waals surface area contributed by atoms with E-state index >= 15 is 0 Å². The van der Waals surface area contributed by atoms with Gasteiger partial charge in [0.15, 0.2) is 11.4 Å². The maximum absolute atomic E-state index is 13.1. The highest BCUT2D eigenvalue weighted by atomic mass is 19.1. The van der Waals surface area contributed by atoms with Crippen LogP contribution in [-0.4, -0.2) is 25.0 Å². The van der Waals surface area contributed by atoms with Crippen molar-refractivity contribution in [2.24, 2.45) is 12.2 Å². The van der Waals surface area contributed by atoms with E-state index in [1.165, 1.54) is 23.0 Å². The molecule has 2 aromatic carbocycles. The van der Waals surface area contributed by atoms with Crippen molar-refractivity contribution in [2.45, 2.75) is 26.9 Å². The first-order valence-corrected chi connectivity index (χ1v) is 10.1. The highest BCUT2D eigenvalue weighted by Gasteiger charge is 2.19. The maximum atomic E-state index is 13.1. The Morgan fingerprint density at radius 2 is 1.75 bits per heavy atom. The van der Waals surface area contributed by atoms with Gasteiger partial charge in [0.25, 0.3) is 5.89 Å². The second kappa shape index (κ2) is 10.9. The molecule has 0 spiro atoms. The standard InChI is InChI=1S/C21H18FN5O3.C2H6/c1-27-13-23-18(19(20(27)26-28)29-12-15-5-3-2-4-6-15)21-25-24-17(30-21)11-14-7-9-16(22)10-8-14;1-2/h2-10,13,28H,11-12H2,1H3;1-2H3/b26-20-;. The van der Waals surface area contributed by atoms with Gasteiger partial charge in [0.05, 0.1) is 12.7 Å². The van der Waals surface area contributed by atoms with E-state index < -0.39 is 0 Å².